The summed E-state index contributed by atoms with van der Waals surface area (Å²) in [5, 5.41) is 7.22. The summed E-state index contributed by atoms with van der Waals surface area (Å²) in [5.74, 6) is 0.751. The van der Waals surface area contributed by atoms with E-state index in [-0.39, 0.29) is 18.6 Å². The van der Waals surface area contributed by atoms with Crippen LogP contribution in [0, 0.1) is 0 Å². The van der Waals surface area contributed by atoms with Gasteiger partial charge in [-0.1, -0.05) is 6.07 Å². The van der Waals surface area contributed by atoms with E-state index in [9.17, 15) is 9.59 Å². The van der Waals surface area contributed by atoms with Crippen molar-refractivity contribution in [2.45, 2.75) is 20.0 Å². The number of hydrogen-bond acceptors (Lipinski definition) is 5. The van der Waals surface area contributed by atoms with Gasteiger partial charge in [0.2, 0.25) is 5.91 Å². The number of methoxy groups -OCH3 is 1. The molecule has 1 aliphatic rings. The molecule has 1 aliphatic heterocycles. The normalized spacial score (nSPS) is 15.0. The average molecular weight is 291 g/mol. The van der Waals surface area contributed by atoms with Crippen molar-refractivity contribution in [3.8, 4) is 11.5 Å². The van der Waals surface area contributed by atoms with Gasteiger partial charge in [-0.2, -0.15) is 5.10 Å². The molecule has 1 N–H and O–H groups in total. The lowest BCUT2D eigenvalue weighted by atomic mass is 10.2. The Morgan fingerprint density at radius 1 is 1.38 bits per heavy atom. The van der Waals surface area contributed by atoms with E-state index in [1.54, 1.807) is 25.3 Å². The lowest BCUT2D eigenvalue weighted by Gasteiger charge is -2.15. The third kappa shape index (κ3) is 3.50. The Kier molecular flexibility index (Phi) is 4.42. The zero-order valence-corrected chi connectivity index (χ0v) is 12.1. The van der Waals surface area contributed by atoms with Crippen LogP contribution in [0.15, 0.2) is 23.3 Å². The smallest absolute Gasteiger partial charge is 0.344 e. The molecule has 0 unspecified atom stereocenters. The Morgan fingerprint density at radius 3 is 2.71 bits per heavy atom. The monoisotopic (exact) mass is 291 g/mol. The molecule has 0 radical (unpaired) electrons. The highest BCUT2D eigenvalue weighted by Crippen LogP contribution is 2.31. The summed E-state index contributed by atoms with van der Waals surface area (Å²) in [6.45, 7) is 3.72. The number of nitrogens with zero attached hydrogens (tertiary/aromatic N) is 2. The van der Waals surface area contributed by atoms with Gasteiger partial charge in [-0.25, -0.2) is 9.80 Å². The molecule has 1 aromatic carbocycles. The third-order valence-corrected chi connectivity index (χ3v) is 2.69. The molecule has 7 heteroatoms. The summed E-state index contributed by atoms with van der Waals surface area (Å²) in [5.41, 5.74) is 0.662. The van der Waals surface area contributed by atoms with Crippen LogP contribution in [-0.4, -0.2) is 42.9 Å². The molecule has 2 rings (SSSR count). The van der Waals surface area contributed by atoms with E-state index >= 15 is 0 Å². The summed E-state index contributed by atoms with van der Waals surface area (Å²) < 4.78 is 11.0. The molecule has 21 heavy (non-hydrogen) atoms. The molecular formula is C14H17N3O4. The molecule has 0 spiro atoms. The van der Waals surface area contributed by atoms with E-state index in [1.165, 1.54) is 6.21 Å². The van der Waals surface area contributed by atoms with Gasteiger partial charge < -0.3 is 9.47 Å². The molecule has 1 saturated heterocycles. The Bertz CT molecular complexity index is 584. The van der Waals surface area contributed by atoms with Crippen molar-refractivity contribution in [1.29, 1.82) is 0 Å². The molecule has 7 nitrogen and oxygen atoms in total. The van der Waals surface area contributed by atoms with Crippen molar-refractivity contribution >= 4 is 18.2 Å². The Morgan fingerprint density at radius 2 is 2.14 bits per heavy atom. The largest absolute Gasteiger partial charge is 0.493 e. The van der Waals surface area contributed by atoms with Crippen molar-refractivity contribution in [1.82, 2.24) is 10.3 Å². The fraction of sp³-hybridized carbons (Fsp3) is 0.357. The van der Waals surface area contributed by atoms with Gasteiger partial charge in [-0.05, 0) is 26.0 Å². The summed E-state index contributed by atoms with van der Waals surface area (Å²) in [7, 11) is 1.55. The van der Waals surface area contributed by atoms with Crippen molar-refractivity contribution in [2.24, 2.45) is 5.10 Å². The standard InChI is InChI=1S/C14H17N3O4/c1-9(2)21-13-10(5-4-6-11(13)20-3)7-15-17-8-12(18)16-14(17)19/h4-7,9H,8H2,1-3H3,(H,16,18,19)/b15-7-. The predicted molar refractivity (Wildman–Crippen MR) is 76.6 cm³/mol. The molecule has 1 heterocycles. The van der Waals surface area contributed by atoms with Crippen LogP contribution in [0.4, 0.5) is 4.79 Å². The van der Waals surface area contributed by atoms with E-state index in [1.807, 2.05) is 13.8 Å². The maximum Gasteiger partial charge on any atom is 0.344 e. The van der Waals surface area contributed by atoms with Crippen LogP contribution in [0.25, 0.3) is 0 Å². The summed E-state index contributed by atoms with van der Waals surface area (Å²) in [4.78, 5) is 22.5. The lowest BCUT2D eigenvalue weighted by molar-refractivity contribution is -0.118. The van der Waals surface area contributed by atoms with E-state index in [4.69, 9.17) is 9.47 Å². The summed E-state index contributed by atoms with van der Waals surface area (Å²) in [6.07, 6.45) is 1.43. The van der Waals surface area contributed by atoms with Gasteiger partial charge >= 0.3 is 6.03 Å². The zero-order chi connectivity index (χ0) is 15.4. The van der Waals surface area contributed by atoms with Gasteiger partial charge in [0, 0.05) is 5.56 Å². The average Bonchev–Trinajstić information content (AvgIpc) is 2.75. The first-order chi connectivity index (χ1) is 10.0. The topological polar surface area (TPSA) is 80.2 Å². The van der Waals surface area contributed by atoms with Crippen molar-refractivity contribution in [3.63, 3.8) is 0 Å². The molecule has 1 aromatic rings. The van der Waals surface area contributed by atoms with E-state index in [0.717, 1.165) is 5.01 Å². The van der Waals surface area contributed by atoms with E-state index < -0.39 is 6.03 Å². The van der Waals surface area contributed by atoms with Crippen molar-refractivity contribution < 1.29 is 19.1 Å². The maximum atomic E-state index is 11.4. The minimum absolute atomic E-state index is 0.0369. The van der Waals surface area contributed by atoms with Gasteiger partial charge in [0.25, 0.3) is 0 Å². The number of hydrogen-bond donors (Lipinski definition) is 1. The highest BCUT2D eigenvalue weighted by atomic mass is 16.5. The van der Waals surface area contributed by atoms with Gasteiger partial charge in [0.1, 0.15) is 6.54 Å². The first-order valence-electron chi connectivity index (χ1n) is 6.50. The van der Waals surface area contributed by atoms with E-state index in [2.05, 4.69) is 10.4 Å². The number of nitrogens with one attached hydrogen (secondary N) is 1. The fourth-order valence-electron chi connectivity index (χ4n) is 1.81. The SMILES string of the molecule is COc1cccc(/C=N\N2CC(=O)NC2=O)c1OC(C)C. The van der Waals surface area contributed by atoms with Crippen molar-refractivity contribution in [2.75, 3.05) is 13.7 Å². The molecule has 0 aromatic heterocycles. The molecule has 3 amide bonds. The van der Waals surface area contributed by atoms with Gasteiger partial charge in [-0.3, -0.25) is 10.1 Å². The number of carbonyl (C=O) groups is 2. The van der Waals surface area contributed by atoms with Crippen LogP contribution in [0.3, 0.4) is 0 Å². The minimum atomic E-state index is -0.537. The molecule has 0 bridgehead atoms. The second-order valence-corrected chi connectivity index (χ2v) is 4.70. The number of urea groups is 1. The molecule has 0 atom stereocenters. The molecule has 0 saturated carbocycles. The molecule has 112 valence electrons. The zero-order valence-electron chi connectivity index (χ0n) is 12.1. The molecular weight excluding hydrogens is 274 g/mol. The summed E-state index contributed by atoms with van der Waals surface area (Å²) >= 11 is 0. The van der Waals surface area contributed by atoms with Gasteiger partial charge in [0.15, 0.2) is 11.5 Å². The van der Waals surface area contributed by atoms with Crippen LogP contribution in [0.1, 0.15) is 19.4 Å². The van der Waals surface area contributed by atoms with Crippen LogP contribution < -0.4 is 14.8 Å². The van der Waals surface area contributed by atoms with Crippen LogP contribution in [-0.2, 0) is 4.79 Å². The summed E-state index contributed by atoms with van der Waals surface area (Å²) in [6, 6.07) is 4.83. The lowest BCUT2D eigenvalue weighted by Crippen LogP contribution is -2.24. The number of hydrazone groups is 1. The third-order valence-electron chi connectivity index (χ3n) is 2.69. The molecule has 0 aliphatic carbocycles. The maximum absolute atomic E-state index is 11.4. The number of para-hydroxylation sites is 1. The first kappa shape index (κ1) is 14.8. The number of benzene rings is 1. The number of rotatable bonds is 5. The highest BCUT2D eigenvalue weighted by Gasteiger charge is 2.26. The second kappa shape index (κ2) is 6.25. The number of carbonyl (C=O) groups excluding carboxylic acids is 2. The Balaban J connectivity index is 2.26. The fourth-order valence-corrected chi connectivity index (χ4v) is 1.81. The Labute approximate surface area is 122 Å². The minimum Gasteiger partial charge on any atom is -0.493 e. The van der Waals surface area contributed by atoms with Crippen LogP contribution >= 0.6 is 0 Å². The molecule has 1 fully saturated rings. The number of amides is 3. The predicted octanol–water partition coefficient (Wildman–Crippen LogP) is 1.37. The first-order valence-corrected chi connectivity index (χ1v) is 6.50. The number of imide groups is 1. The van der Waals surface area contributed by atoms with Crippen molar-refractivity contribution in [3.05, 3.63) is 23.8 Å². The quantitative estimate of drug-likeness (QED) is 0.656. The second-order valence-electron chi connectivity index (χ2n) is 4.70. The Hall–Kier alpha value is -2.57. The van der Waals surface area contributed by atoms with Gasteiger partial charge in [0.05, 0.1) is 19.4 Å². The van der Waals surface area contributed by atoms with Gasteiger partial charge in [-0.15, -0.1) is 0 Å². The van der Waals surface area contributed by atoms with E-state index in [0.29, 0.717) is 17.1 Å². The van der Waals surface area contributed by atoms with Crippen LogP contribution in [0.5, 0.6) is 11.5 Å². The highest BCUT2D eigenvalue weighted by molar-refractivity contribution is 6.02. The number of ether oxygens (including phenoxy) is 2. The van der Waals surface area contributed by atoms with Crippen LogP contribution in [0.2, 0.25) is 0 Å².